The fraction of sp³-hybridized carbons (Fsp3) is 0.169. The fourth-order valence-electron chi connectivity index (χ4n) is 12.3. The molecule has 6 heteroatoms. The van der Waals surface area contributed by atoms with Gasteiger partial charge in [-0.1, -0.05) is 197 Å². The van der Waals surface area contributed by atoms with Crippen LogP contribution in [0, 0.1) is 33.5 Å². The topological polar surface area (TPSA) is 51.1 Å². The maximum absolute atomic E-state index is 8.30. The second kappa shape index (κ2) is 24.2. The summed E-state index contributed by atoms with van der Waals surface area (Å²) in [4.78, 5) is 0. The second-order valence-corrected chi connectivity index (χ2v) is 23.1. The molecule has 89 heavy (non-hydrogen) atoms. The van der Waals surface area contributed by atoms with Crippen molar-refractivity contribution in [2.75, 3.05) is 0 Å². The molecule has 0 bridgehead atoms. The van der Waals surface area contributed by atoms with E-state index >= 15 is 0 Å². The average Bonchev–Trinajstić information content (AvgIpc) is 1.56. The molecule has 438 valence electrons. The summed E-state index contributed by atoms with van der Waals surface area (Å²) >= 11 is 0. The lowest BCUT2D eigenvalue weighted by molar-refractivity contribution is -0.660. The van der Waals surface area contributed by atoms with Gasteiger partial charge in [0.1, 0.15) is 54.6 Å². The normalized spacial score (nSPS) is 15.2. The Hall–Kier alpha value is -10.2. The zero-order valence-electron chi connectivity index (χ0n) is 64.8. The van der Waals surface area contributed by atoms with Crippen molar-refractivity contribution >= 4 is 65.8 Å². The minimum Gasteiger partial charge on any atom is -0.455 e. The van der Waals surface area contributed by atoms with Gasteiger partial charge in [-0.15, -0.1) is 0 Å². The Morgan fingerprint density at radius 1 is 0.371 bits per heavy atom. The number of para-hydroxylation sites is 3. The van der Waals surface area contributed by atoms with Gasteiger partial charge in [0.15, 0.2) is 18.6 Å². The number of pyridine rings is 3. The number of furan rings is 3. The van der Waals surface area contributed by atoms with Crippen molar-refractivity contribution in [3.8, 4) is 67.2 Å². The van der Waals surface area contributed by atoms with Crippen molar-refractivity contribution in [2.24, 2.45) is 27.0 Å². The van der Waals surface area contributed by atoms with Crippen LogP contribution in [0.25, 0.3) is 133 Å². The number of hydrogen-bond donors (Lipinski definition) is 0. The summed E-state index contributed by atoms with van der Waals surface area (Å²) in [5.41, 5.74) is 22.1. The quantitative estimate of drug-likeness (QED) is 0.135. The summed E-state index contributed by atoms with van der Waals surface area (Å²) in [6, 6.07) is 70.7. The van der Waals surface area contributed by atoms with E-state index in [-0.39, 0.29) is 0 Å². The highest BCUT2D eigenvalue weighted by Crippen LogP contribution is 2.41. The van der Waals surface area contributed by atoms with Gasteiger partial charge < -0.3 is 13.3 Å². The molecule has 0 saturated heterocycles. The lowest BCUT2D eigenvalue weighted by Gasteiger charge is -2.09. The molecule has 1 atom stereocenters. The van der Waals surface area contributed by atoms with Crippen molar-refractivity contribution in [3.05, 3.63) is 270 Å². The Balaban J connectivity index is 0.000000138. The lowest BCUT2D eigenvalue weighted by Crippen LogP contribution is -2.31. The van der Waals surface area contributed by atoms with E-state index in [2.05, 4.69) is 132 Å². The van der Waals surface area contributed by atoms with Crippen molar-refractivity contribution in [1.29, 1.82) is 0 Å². The minimum atomic E-state index is -2.94. The van der Waals surface area contributed by atoms with E-state index in [1.54, 1.807) is 36.4 Å². The molecule has 6 aromatic heterocycles. The molecule has 0 saturated carbocycles. The minimum absolute atomic E-state index is 0.351. The number of aryl methyl sites for hydroxylation is 7. The van der Waals surface area contributed by atoms with Gasteiger partial charge in [0, 0.05) is 86.4 Å². The second-order valence-electron chi connectivity index (χ2n) is 23.1. The zero-order chi connectivity index (χ0) is 73.5. The van der Waals surface area contributed by atoms with Crippen LogP contribution >= 0.6 is 0 Å². The molecule has 0 spiro atoms. The van der Waals surface area contributed by atoms with Crippen LogP contribution in [0.5, 0.6) is 0 Å². The number of rotatable bonds is 9. The third-order valence-electron chi connectivity index (χ3n) is 17.0. The van der Waals surface area contributed by atoms with Crippen LogP contribution in [0.4, 0.5) is 0 Å². The monoisotopic (exact) mass is 1180 g/mol. The molecule has 0 aliphatic heterocycles. The van der Waals surface area contributed by atoms with Crippen molar-refractivity contribution < 1.29 is 46.1 Å². The van der Waals surface area contributed by atoms with Crippen LogP contribution in [0.2, 0.25) is 0 Å². The summed E-state index contributed by atoms with van der Waals surface area (Å²) in [7, 11) is 6.02. The molecule has 15 rings (SSSR count). The SMILES string of the molecule is [2H]C([2H])([2H])C([2H])(C)c1ccc(-c2ccc(-c3c(C)ccc4c3oc3ccccc34)[n+](C)c2)cc1.[2H]C([2H])([2H])C([2H])(Cc1ccc(-c2ccc(-c3c(C)ccc4c3oc3ccccc34)[n+](C)c2)cc1)C([2H])([2H])[2H].[2H]C([2H])([2H])c1ccc(-c2ccc(-c3c(C)ccc4c3oc3ccccc34)[n+](C)c2)cc1. The maximum Gasteiger partial charge on any atom is 0.216 e. The maximum atomic E-state index is 8.30. The van der Waals surface area contributed by atoms with Crippen molar-refractivity contribution in [2.45, 2.75) is 67.4 Å². The van der Waals surface area contributed by atoms with Gasteiger partial charge >= 0.3 is 0 Å². The van der Waals surface area contributed by atoms with E-state index in [1.807, 2.05) is 124 Å². The van der Waals surface area contributed by atoms with Crippen molar-refractivity contribution in [3.63, 3.8) is 0 Å². The first-order valence-electron chi connectivity index (χ1n) is 36.7. The van der Waals surface area contributed by atoms with E-state index in [9.17, 15) is 0 Å². The van der Waals surface area contributed by atoms with Gasteiger partial charge in [-0.2, -0.15) is 0 Å². The summed E-state index contributed by atoms with van der Waals surface area (Å²) in [5, 5.41) is 6.59. The largest absolute Gasteiger partial charge is 0.455 e. The first-order valence-corrected chi connectivity index (χ1v) is 29.7. The standard InChI is InChI=1S/C29H28NO.C28H26NO.C26H22NO/c1-19(2)17-21-10-12-22(13-11-21)23-14-16-26(30(4)18-23)28-20(3)9-15-25-24-7-5-6-8-27(24)31-29(25)28;1-18(2)20-10-12-21(13-11-20)22-14-16-25(29(4)17-22)27-19(3)9-15-24-23-7-5-6-8-26(23)30-28(24)27;1-17-8-11-19(12-9-17)20-13-15-23(27(3)16-20)25-18(2)10-14-22-21-6-4-5-7-24(21)28-26(22)25/h5-16,18-19H,17H2,1-4H3;5-18H,1-4H3;4-16H,1-3H3/q3*+1/i1D3,2D3,19D;1D3,18D;1D3. The van der Waals surface area contributed by atoms with Crippen LogP contribution in [0.1, 0.15) is 85.9 Å². The molecule has 1 unspecified atom stereocenters. The van der Waals surface area contributed by atoms with Crippen molar-refractivity contribution in [1.82, 2.24) is 0 Å². The van der Waals surface area contributed by atoms with Crippen LogP contribution in [0.3, 0.4) is 0 Å². The molecule has 0 N–H and O–H groups in total. The Morgan fingerprint density at radius 2 is 0.719 bits per heavy atom. The summed E-state index contributed by atoms with van der Waals surface area (Å²) < 4.78 is 133. The third-order valence-corrected chi connectivity index (χ3v) is 17.0. The molecular weight excluding hydrogens is 1090 g/mol. The Morgan fingerprint density at radius 3 is 1.07 bits per heavy atom. The highest BCUT2D eigenvalue weighted by molar-refractivity contribution is 6.12. The molecule has 6 nitrogen and oxygen atoms in total. The van der Waals surface area contributed by atoms with E-state index in [0.717, 1.165) is 150 Å². The number of hydrogen-bond acceptors (Lipinski definition) is 3. The molecular formula is C83H76N3O3+3. The van der Waals surface area contributed by atoms with Gasteiger partial charge in [-0.25, -0.2) is 13.7 Å². The Bertz CT molecular complexity index is 5710. The summed E-state index contributed by atoms with van der Waals surface area (Å²) in [6.45, 7) is -2.66. The average molecular weight is 1180 g/mol. The predicted molar refractivity (Wildman–Crippen MR) is 369 cm³/mol. The van der Waals surface area contributed by atoms with E-state index in [0.29, 0.717) is 16.7 Å². The third kappa shape index (κ3) is 11.3. The molecule has 9 aromatic carbocycles. The number of fused-ring (bicyclic) bond motifs is 9. The number of benzene rings is 9. The van der Waals surface area contributed by atoms with Gasteiger partial charge in [0.2, 0.25) is 17.1 Å². The fourth-order valence-corrected chi connectivity index (χ4v) is 12.3. The highest BCUT2D eigenvalue weighted by atomic mass is 16.3. The van der Waals surface area contributed by atoms with E-state index in [1.165, 1.54) is 6.92 Å². The van der Waals surface area contributed by atoms with Gasteiger partial charge in [0.25, 0.3) is 0 Å². The summed E-state index contributed by atoms with van der Waals surface area (Å²) in [5.74, 6) is -4.23. The highest BCUT2D eigenvalue weighted by Gasteiger charge is 2.25. The molecule has 0 amide bonds. The zero-order valence-corrected chi connectivity index (χ0v) is 50.8. The lowest BCUT2D eigenvalue weighted by atomic mass is 9.98. The molecule has 0 fully saturated rings. The first-order chi connectivity index (χ1) is 48.7. The van der Waals surface area contributed by atoms with Gasteiger partial charge in [0.05, 0.1) is 16.7 Å². The number of nitrogens with zero attached hydrogens (tertiary/aromatic N) is 3. The Kier molecular flexibility index (Phi) is 11.8. The molecule has 0 aliphatic rings. The van der Waals surface area contributed by atoms with Gasteiger partial charge in [-0.05, 0) is 127 Å². The van der Waals surface area contributed by atoms with Crippen LogP contribution in [-0.2, 0) is 27.6 Å². The van der Waals surface area contributed by atoms with Gasteiger partial charge in [-0.3, -0.25) is 0 Å². The van der Waals surface area contributed by atoms with Crippen LogP contribution in [0.15, 0.2) is 250 Å². The van der Waals surface area contributed by atoms with E-state index in [4.69, 9.17) is 32.4 Å². The molecule has 0 radical (unpaired) electrons. The molecule has 15 aromatic rings. The number of aromatic nitrogens is 3. The van der Waals surface area contributed by atoms with Crippen LogP contribution in [-0.4, -0.2) is 0 Å². The predicted octanol–water partition coefficient (Wildman–Crippen LogP) is 20.8. The summed E-state index contributed by atoms with van der Waals surface area (Å²) in [6.07, 6.45) is 5.76. The first kappa shape index (κ1) is 43.5. The van der Waals surface area contributed by atoms with Crippen LogP contribution < -0.4 is 13.7 Å². The molecule has 6 heterocycles. The Labute approximate surface area is 541 Å². The smallest absolute Gasteiger partial charge is 0.216 e. The molecule has 0 aliphatic carbocycles. The van der Waals surface area contributed by atoms with E-state index < -0.39 is 45.6 Å².